The highest BCUT2D eigenvalue weighted by atomic mass is 35.5. The van der Waals surface area contributed by atoms with Crippen molar-refractivity contribution in [3.8, 4) is 0 Å². The van der Waals surface area contributed by atoms with Gasteiger partial charge in [0.05, 0.1) is 6.33 Å². The van der Waals surface area contributed by atoms with Gasteiger partial charge in [0.2, 0.25) is 0 Å². The Bertz CT molecular complexity index is 530. The van der Waals surface area contributed by atoms with E-state index in [1.807, 2.05) is 30.9 Å². The molecule has 0 unspecified atom stereocenters. The van der Waals surface area contributed by atoms with E-state index in [1.165, 1.54) is 5.56 Å². The highest BCUT2D eigenvalue weighted by molar-refractivity contribution is 6.30. The molecular weight excluding hydrogens is 284 g/mol. The molecule has 21 heavy (non-hydrogen) atoms. The van der Waals surface area contributed by atoms with Gasteiger partial charge in [0, 0.05) is 63.2 Å². The maximum Gasteiger partial charge on any atom is 0.0946 e. The summed E-state index contributed by atoms with van der Waals surface area (Å²) < 4.78 is 2.14. The number of hydrogen-bond donors (Lipinski definition) is 0. The maximum atomic E-state index is 5.92. The van der Waals surface area contributed by atoms with Crippen molar-refractivity contribution in [2.45, 2.75) is 13.1 Å². The minimum Gasteiger partial charge on any atom is -0.336 e. The predicted molar refractivity (Wildman–Crippen MR) is 85.4 cm³/mol. The first-order valence-corrected chi connectivity index (χ1v) is 7.82. The summed E-state index contributed by atoms with van der Waals surface area (Å²) >= 11 is 5.92. The number of halogens is 1. The lowest BCUT2D eigenvalue weighted by molar-refractivity contribution is 0.124. The van der Waals surface area contributed by atoms with E-state index in [-0.39, 0.29) is 0 Å². The normalized spacial score (nSPS) is 17.2. The van der Waals surface area contributed by atoms with Crippen LogP contribution in [-0.4, -0.2) is 52.1 Å². The average molecular weight is 305 g/mol. The Hall–Kier alpha value is -1.36. The van der Waals surface area contributed by atoms with Crippen molar-refractivity contribution in [3.63, 3.8) is 0 Å². The molecule has 0 aliphatic carbocycles. The zero-order valence-corrected chi connectivity index (χ0v) is 12.9. The number of benzene rings is 1. The van der Waals surface area contributed by atoms with Gasteiger partial charge in [0.1, 0.15) is 0 Å². The molecule has 1 aliphatic rings. The van der Waals surface area contributed by atoms with Gasteiger partial charge in [-0.05, 0) is 17.7 Å². The van der Waals surface area contributed by atoms with Crippen LogP contribution in [0, 0.1) is 0 Å². The molecule has 4 nitrogen and oxygen atoms in total. The molecule has 0 atom stereocenters. The summed E-state index contributed by atoms with van der Waals surface area (Å²) in [5.41, 5.74) is 1.34. The van der Waals surface area contributed by atoms with E-state index >= 15 is 0 Å². The third kappa shape index (κ3) is 4.30. The predicted octanol–water partition coefficient (Wildman–Crippen LogP) is 2.35. The Morgan fingerprint density at radius 1 is 0.952 bits per heavy atom. The Labute approximate surface area is 130 Å². The van der Waals surface area contributed by atoms with Crippen LogP contribution in [0.2, 0.25) is 5.02 Å². The van der Waals surface area contributed by atoms with Gasteiger partial charge < -0.3 is 4.57 Å². The molecule has 112 valence electrons. The van der Waals surface area contributed by atoms with Crippen LogP contribution in [0.25, 0.3) is 0 Å². The number of aromatic nitrogens is 2. The van der Waals surface area contributed by atoms with E-state index in [2.05, 4.69) is 31.5 Å². The largest absolute Gasteiger partial charge is 0.336 e. The van der Waals surface area contributed by atoms with Gasteiger partial charge in [-0.2, -0.15) is 0 Å². The molecule has 0 saturated carbocycles. The highest BCUT2D eigenvalue weighted by Crippen LogP contribution is 2.12. The van der Waals surface area contributed by atoms with Crippen LogP contribution >= 0.6 is 11.6 Å². The zero-order valence-electron chi connectivity index (χ0n) is 12.2. The lowest BCUT2D eigenvalue weighted by atomic mass is 10.2. The van der Waals surface area contributed by atoms with E-state index < -0.39 is 0 Å². The van der Waals surface area contributed by atoms with Crippen LogP contribution < -0.4 is 0 Å². The fourth-order valence-corrected chi connectivity index (χ4v) is 2.82. The Balaban J connectivity index is 1.41. The SMILES string of the molecule is Clc1ccc(CN2CCN(CCn3ccnc3)CC2)cc1. The summed E-state index contributed by atoms with van der Waals surface area (Å²) in [5, 5.41) is 0.808. The van der Waals surface area contributed by atoms with Crippen molar-refractivity contribution < 1.29 is 0 Å². The van der Waals surface area contributed by atoms with E-state index in [0.717, 1.165) is 50.8 Å². The van der Waals surface area contributed by atoms with Crippen molar-refractivity contribution in [2.24, 2.45) is 0 Å². The standard InChI is InChI=1S/C16H21ClN4/c17-16-3-1-15(2-4-16)13-20-10-7-19(8-11-20)9-12-21-6-5-18-14-21/h1-6,14H,7-13H2. The number of imidazole rings is 1. The van der Waals surface area contributed by atoms with Gasteiger partial charge in [-0.15, -0.1) is 0 Å². The van der Waals surface area contributed by atoms with Gasteiger partial charge >= 0.3 is 0 Å². The van der Waals surface area contributed by atoms with Crippen LogP contribution in [0.5, 0.6) is 0 Å². The van der Waals surface area contributed by atoms with Gasteiger partial charge in [-0.3, -0.25) is 9.80 Å². The molecule has 0 radical (unpaired) electrons. The van der Waals surface area contributed by atoms with Crippen LogP contribution in [-0.2, 0) is 13.1 Å². The van der Waals surface area contributed by atoms with E-state index in [9.17, 15) is 0 Å². The summed E-state index contributed by atoms with van der Waals surface area (Å²) in [6.45, 7) is 7.69. The molecule has 2 heterocycles. The molecule has 1 aromatic carbocycles. The molecule has 3 rings (SSSR count). The van der Waals surface area contributed by atoms with Gasteiger partial charge in [0.15, 0.2) is 0 Å². The first-order chi connectivity index (χ1) is 10.3. The summed E-state index contributed by atoms with van der Waals surface area (Å²) in [7, 11) is 0. The van der Waals surface area contributed by atoms with Gasteiger partial charge in [-0.1, -0.05) is 23.7 Å². The smallest absolute Gasteiger partial charge is 0.0946 e. The number of piperazine rings is 1. The summed E-state index contributed by atoms with van der Waals surface area (Å²) in [4.78, 5) is 9.11. The molecule has 0 N–H and O–H groups in total. The molecule has 0 amide bonds. The third-order valence-corrected chi connectivity index (χ3v) is 4.27. The first-order valence-electron chi connectivity index (χ1n) is 7.44. The Morgan fingerprint density at radius 3 is 2.33 bits per heavy atom. The molecule has 1 aromatic heterocycles. The van der Waals surface area contributed by atoms with Crippen LogP contribution in [0.15, 0.2) is 43.0 Å². The molecule has 5 heteroatoms. The fraction of sp³-hybridized carbons (Fsp3) is 0.438. The van der Waals surface area contributed by atoms with Crippen molar-refractivity contribution in [1.29, 1.82) is 0 Å². The molecule has 1 aliphatic heterocycles. The number of hydrogen-bond acceptors (Lipinski definition) is 3. The van der Waals surface area contributed by atoms with Crippen molar-refractivity contribution >= 4 is 11.6 Å². The minimum absolute atomic E-state index is 0.808. The second-order valence-corrected chi connectivity index (χ2v) is 5.98. The molecule has 1 saturated heterocycles. The van der Waals surface area contributed by atoms with E-state index in [1.54, 1.807) is 0 Å². The van der Waals surface area contributed by atoms with Crippen LogP contribution in [0.4, 0.5) is 0 Å². The molecule has 0 bridgehead atoms. The maximum absolute atomic E-state index is 5.92. The topological polar surface area (TPSA) is 24.3 Å². The van der Waals surface area contributed by atoms with Crippen molar-refractivity contribution in [2.75, 3.05) is 32.7 Å². The van der Waals surface area contributed by atoms with Gasteiger partial charge in [0.25, 0.3) is 0 Å². The molecule has 0 spiro atoms. The summed E-state index contributed by atoms with van der Waals surface area (Å²) in [6, 6.07) is 8.18. The van der Waals surface area contributed by atoms with Crippen LogP contribution in [0.3, 0.4) is 0 Å². The Kier molecular flexibility index (Phi) is 4.91. The van der Waals surface area contributed by atoms with Crippen LogP contribution in [0.1, 0.15) is 5.56 Å². The Morgan fingerprint density at radius 2 is 1.67 bits per heavy atom. The van der Waals surface area contributed by atoms with E-state index in [4.69, 9.17) is 11.6 Å². The zero-order chi connectivity index (χ0) is 14.5. The van der Waals surface area contributed by atoms with Crippen molar-refractivity contribution in [1.82, 2.24) is 19.4 Å². The molecule has 2 aromatic rings. The quantitative estimate of drug-likeness (QED) is 0.847. The van der Waals surface area contributed by atoms with E-state index in [0.29, 0.717) is 0 Å². The van der Waals surface area contributed by atoms with Crippen molar-refractivity contribution in [3.05, 3.63) is 53.6 Å². The number of rotatable bonds is 5. The lowest BCUT2D eigenvalue weighted by Crippen LogP contribution is -2.46. The summed E-state index contributed by atoms with van der Waals surface area (Å²) in [6.07, 6.45) is 5.75. The first kappa shape index (κ1) is 14.6. The minimum atomic E-state index is 0.808. The second-order valence-electron chi connectivity index (χ2n) is 5.54. The molecule has 1 fully saturated rings. The molecular formula is C16H21ClN4. The second kappa shape index (κ2) is 7.07. The summed E-state index contributed by atoms with van der Waals surface area (Å²) in [5.74, 6) is 0. The van der Waals surface area contributed by atoms with Gasteiger partial charge in [-0.25, -0.2) is 4.98 Å². The lowest BCUT2D eigenvalue weighted by Gasteiger charge is -2.34. The fourth-order valence-electron chi connectivity index (χ4n) is 2.69. The monoisotopic (exact) mass is 304 g/mol. The average Bonchev–Trinajstić information content (AvgIpc) is 3.02. The number of nitrogens with zero attached hydrogens (tertiary/aromatic N) is 4. The highest BCUT2D eigenvalue weighted by Gasteiger charge is 2.16. The third-order valence-electron chi connectivity index (χ3n) is 4.02.